The first-order chi connectivity index (χ1) is 12.7. The zero-order chi connectivity index (χ0) is 18.4. The van der Waals surface area contributed by atoms with Gasteiger partial charge in [0.1, 0.15) is 5.75 Å². The van der Waals surface area contributed by atoms with Crippen molar-refractivity contribution in [3.05, 3.63) is 54.1 Å². The van der Waals surface area contributed by atoms with Gasteiger partial charge in [-0.25, -0.2) is 0 Å². The van der Waals surface area contributed by atoms with E-state index in [-0.39, 0.29) is 18.4 Å². The van der Waals surface area contributed by atoms with Gasteiger partial charge in [0.15, 0.2) is 6.61 Å². The number of rotatable bonds is 7. The Labute approximate surface area is 154 Å². The number of carbonyl (C=O) groups excluding carboxylic acids is 2. The summed E-state index contributed by atoms with van der Waals surface area (Å²) in [7, 11) is 0. The minimum absolute atomic E-state index is 0.0753. The molecule has 2 amide bonds. The molecule has 0 bridgehead atoms. The number of nitrogens with one attached hydrogen (secondary N) is 1. The third-order valence-electron chi connectivity index (χ3n) is 4.35. The molecule has 1 saturated heterocycles. The molecule has 5 heteroatoms. The number of aryl methyl sites for hydroxylation is 1. The van der Waals surface area contributed by atoms with E-state index in [1.165, 1.54) is 5.56 Å². The molecule has 1 fully saturated rings. The highest BCUT2D eigenvalue weighted by Gasteiger charge is 2.21. The molecule has 0 radical (unpaired) electrons. The Morgan fingerprint density at radius 1 is 1.19 bits per heavy atom. The average molecular weight is 352 g/mol. The van der Waals surface area contributed by atoms with Crippen molar-refractivity contribution in [2.24, 2.45) is 0 Å². The van der Waals surface area contributed by atoms with Gasteiger partial charge in [-0.05, 0) is 42.7 Å². The van der Waals surface area contributed by atoms with Crippen LogP contribution in [-0.2, 0) is 16.0 Å². The summed E-state index contributed by atoms with van der Waals surface area (Å²) < 4.78 is 5.59. The lowest BCUT2D eigenvalue weighted by Crippen LogP contribution is -2.24. The van der Waals surface area contributed by atoms with E-state index in [2.05, 4.69) is 12.2 Å². The number of ether oxygens (including phenoxy) is 1. The Morgan fingerprint density at radius 2 is 2.00 bits per heavy atom. The van der Waals surface area contributed by atoms with Gasteiger partial charge in [0.25, 0.3) is 5.91 Å². The smallest absolute Gasteiger partial charge is 0.262 e. The molecule has 1 N–H and O–H groups in total. The van der Waals surface area contributed by atoms with Crippen LogP contribution in [0.3, 0.4) is 0 Å². The first kappa shape index (κ1) is 18.0. The van der Waals surface area contributed by atoms with Gasteiger partial charge < -0.3 is 15.0 Å². The van der Waals surface area contributed by atoms with Gasteiger partial charge in [0, 0.05) is 30.4 Å². The van der Waals surface area contributed by atoms with Crippen molar-refractivity contribution in [1.29, 1.82) is 0 Å². The zero-order valence-corrected chi connectivity index (χ0v) is 15.0. The lowest BCUT2D eigenvalue weighted by atomic mass is 10.1. The number of hydrogen-bond donors (Lipinski definition) is 1. The van der Waals surface area contributed by atoms with Crippen molar-refractivity contribution in [3.63, 3.8) is 0 Å². The monoisotopic (exact) mass is 352 g/mol. The van der Waals surface area contributed by atoms with E-state index in [9.17, 15) is 9.59 Å². The van der Waals surface area contributed by atoms with Gasteiger partial charge in [-0.3, -0.25) is 9.59 Å². The summed E-state index contributed by atoms with van der Waals surface area (Å²) in [6, 6.07) is 15.2. The normalized spacial score (nSPS) is 13.7. The highest BCUT2D eigenvalue weighted by molar-refractivity contribution is 5.95. The van der Waals surface area contributed by atoms with Gasteiger partial charge in [-0.2, -0.15) is 0 Å². The molecular weight excluding hydrogens is 328 g/mol. The van der Waals surface area contributed by atoms with E-state index in [1.807, 2.05) is 36.4 Å². The van der Waals surface area contributed by atoms with Crippen LogP contribution in [0.2, 0.25) is 0 Å². The standard InChI is InChI=1S/C21H24N2O3/c1-2-5-16-9-11-17(12-10-16)22-20(24)15-26-19-7-3-6-18(14-19)23-13-4-8-21(23)25/h3,6-7,9-12,14H,2,4-5,8,13,15H2,1H3,(H,22,24). The largest absolute Gasteiger partial charge is 0.484 e. The first-order valence-corrected chi connectivity index (χ1v) is 9.07. The van der Waals surface area contributed by atoms with Crippen molar-refractivity contribution < 1.29 is 14.3 Å². The second kappa shape index (κ2) is 8.52. The fraction of sp³-hybridized carbons (Fsp3) is 0.333. The molecule has 0 spiro atoms. The number of benzene rings is 2. The molecule has 1 aliphatic rings. The highest BCUT2D eigenvalue weighted by Crippen LogP contribution is 2.25. The van der Waals surface area contributed by atoms with Crippen LogP contribution < -0.4 is 15.0 Å². The Hall–Kier alpha value is -2.82. The van der Waals surface area contributed by atoms with E-state index >= 15 is 0 Å². The van der Waals surface area contributed by atoms with Gasteiger partial charge in [0.2, 0.25) is 5.91 Å². The second-order valence-electron chi connectivity index (χ2n) is 6.43. The van der Waals surface area contributed by atoms with E-state index in [0.717, 1.165) is 37.2 Å². The van der Waals surface area contributed by atoms with E-state index in [4.69, 9.17) is 4.74 Å². The molecule has 1 heterocycles. The summed E-state index contributed by atoms with van der Waals surface area (Å²) in [6.45, 7) is 2.80. The molecule has 3 rings (SSSR count). The molecule has 0 unspecified atom stereocenters. The van der Waals surface area contributed by atoms with Gasteiger partial charge in [-0.15, -0.1) is 0 Å². The molecule has 0 aromatic heterocycles. The Bertz CT molecular complexity index is 771. The predicted molar refractivity (Wildman–Crippen MR) is 103 cm³/mol. The zero-order valence-electron chi connectivity index (χ0n) is 15.0. The minimum atomic E-state index is -0.212. The number of carbonyl (C=O) groups is 2. The van der Waals surface area contributed by atoms with Gasteiger partial charge in [-0.1, -0.05) is 31.5 Å². The van der Waals surface area contributed by atoms with Crippen LogP contribution in [0, 0.1) is 0 Å². The number of hydrogen-bond acceptors (Lipinski definition) is 3. The summed E-state index contributed by atoms with van der Waals surface area (Å²) in [5, 5.41) is 2.83. The van der Waals surface area contributed by atoms with Crippen molar-refractivity contribution in [2.75, 3.05) is 23.4 Å². The maximum Gasteiger partial charge on any atom is 0.262 e. The molecule has 0 saturated carbocycles. The summed E-state index contributed by atoms with van der Waals surface area (Å²) in [6.07, 6.45) is 3.60. The molecule has 2 aromatic carbocycles. The Morgan fingerprint density at radius 3 is 2.69 bits per heavy atom. The van der Waals surface area contributed by atoms with Crippen molar-refractivity contribution in [2.45, 2.75) is 32.6 Å². The van der Waals surface area contributed by atoms with E-state index in [0.29, 0.717) is 12.2 Å². The third kappa shape index (κ3) is 4.63. The lowest BCUT2D eigenvalue weighted by molar-refractivity contribution is -0.118. The van der Waals surface area contributed by atoms with Crippen molar-refractivity contribution >= 4 is 23.2 Å². The molecule has 26 heavy (non-hydrogen) atoms. The molecule has 0 atom stereocenters. The van der Waals surface area contributed by atoms with Crippen LogP contribution in [0.15, 0.2) is 48.5 Å². The maximum absolute atomic E-state index is 12.1. The summed E-state index contributed by atoms with van der Waals surface area (Å²) in [5.41, 5.74) is 2.84. The summed E-state index contributed by atoms with van der Waals surface area (Å²) in [4.78, 5) is 25.7. The van der Waals surface area contributed by atoms with Crippen LogP contribution in [0.1, 0.15) is 31.7 Å². The van der Waals surface area contributed by atoms with E-state index in [1.54, 1.807) is 17.0 Å². The highest BCUT2D eigenvalue weighted by atomic mass is 16.5. The molecule has 0 aliphatic carbocycles. The number of amides is 2. The minimum Gasteiger partial charge on any atom is -0.484 e. The third-order valence-corrected chi connectivity index (χ3v) is 4.35. The fourth-order valence-corrected chi connectivity index (χ4v) is 3.05. The van der Waals surface area contributed by atoms with Gasteiger partial charge in [0.05, 0.1) is 0 Å². The van der Waals surface area contributed by atoms with Crippen LogP contribution in [0.25, 0.3) is 0 Å². The van der Waals surface area contributed by atoms with Crippen molar-refractivity contribution in [3.8, 4) is 5.75 Å². The van der Waals surface area contributed by atoms with Crippen LogP contribution in [0.4, 0.5) is 11.4 Å². The number of anilines is 2. The first-order valence-electron chi connectivity index (χ1n) is 9.07. The Kier molecular flexibility index (Phi) is 5.89. The topological polar surface area (TPSA) is 58.6 Å². The van der Waals surface area contributed by atoms with E-state index < -0.39 is 0 Å². The molecular formula is C21H24N2O3. The average Bonchev–Trinajstić information content (AvgIpc) is 3.08. The lowest BCUT2D eigenvalue weighted by Gasteiger charge is -2.16. The van der Waals surface area contributed by atoms with Crippen molar-refractivity contribution in [1.82, 2.24) is 0 Å². The maximum atomic E-state index is 12.1. The summed E-state index contributed by atoms with van der Waals surface area (Å²) >= 11 is 0. The molecule has 1 aliphatic heterocycles. The predicted octanol–water partition coefficient (Wildman–Crippen LogP) is 3.78. The van der Waals surface area contributed by atoms with Crippen LogP contribution in [-0.4, -0.2) is 25.0 Å². The summed E-state index contributed by atoms with van der Waals surface area (Å²) in [5.74, 6) is 0.498. The quantitative estimate of drug-likeness (QED) is 0.825. The van der Waals surface area contributed by atoms with Gasteiger partial charge >= 0.3 is 0 Å². The number of nitrogens with zero attached hydrogens (tertiary/aromatic N) is 1. The second-order valence-corrected chi connectivity index (χ2v) is 6.43. The molecule has 136 valence electrons. The molecule has 2 aromatic rings. The SMILES string of the molecule is CCCc1ccc(NC(=O)COc2cccc(N3CCCC3=O)c2)cc1. The Balaban J connectivity index is 1.53. The molecule has 5 nitrogen and oxygen atoms in total. The van der Waals surface area contributed by atoms with Crippen LogP contribution >= 0.6 is 0 Å². The fourth-order valence-electron chi connectivity index (χ4n) is 3.05. The van der Waals surface area contributed by atoms with Crippen LogP contribution in [0.5, 0.6) is 5.75 Å².